The van der Waals surface area contributed by atoms with Gasteiger partial charge in [0, 0.05) is 17.8 Å². The van der Waals surface area contributed by atoms with Crippen molar-refractivity contribution in [2.45, 2.75) is 44.7 Å². The lowest BCUT2D eigenvalue weighted by molar-refractivity contribution is 0.100. The van der Waals surface area contributed by atoms with Crippen LogP contribution < -0.4 is 22.1 Å². The second-order valence-corrected chi connectivity index (χ2v) is 6.77. The molecule has 6 nitrogen and oxygen atoms in total. The minimum Gasteiger partial charge on any atom is -0.365 e. The third-order valence-electron chi connectivity index (χ3n) is 4.70. The number of amides is 1. The molecular weight excluding hydrogens is 333 g/mol. The highest BCUT2D eigenvalue weighted by molar-refractivity contribution is 5.98. The van der Waals surface area contributed by atoms with Crippen molar-refractivity contribution in [3.8, 4) is 0 Å². The number of anilines is 3. The zero-order valence-corrected chi connectivity index (χ0v) is 14.8. The number of rotatable bonds is 5. The highest BCUT2D eigenvalue weighted by Crippen LogP contribution is 2.26. The largest absolute Gasteiger partial charge is 0.365 e. The monoisotopic (exact) mass is 357 g/mol. The Kier molecular flexibility index (Phi) is 5.37. The number of hydrogen-bond donors (Lipinski definition) is 4. The smallest absolute Gasteiger partial charge is 0.252 e. The number of pyridine rings is 1. The Balaban J connectivity index is 1.90. The normalized spacial score (nSPS) is 19.8. The molecule has 26 heavy (non-hydrogen) atoms. The molecule has 6 N–H and O–H groups in total. The van der Waals surface area contributed by atoms with Crippen LogP contribution in [0.3, 0.4) is 0 Å². The molecule has 1 aliphatic carbocycles. The summed E-state index contributed by atoms with van der Waals surface area (Å²) >= 11 is 0. The molecule has 1 aromatic heterocycles. The van der Waals surface area contributed by atoms with Crippen molar-refractivity contribution in [2.75, 3.05) is 10.6 Å². The van der Waals surface area contributed by atoms with Crippen molar-refractivity contribution in [1.29, 1.82) is 0 Å². The Morgan fingerprint density at radius 1 is 1.19 bits per heavy atom. The molecular formula is C19H24FN5O. The molecule has 1 saturated carbocycles. The van der Waals surface area contributed by atoms with Crippen LogP contribution in [0, 0.1) is 12.7 Å². The standard InChI is InChI=1S/C19H24FN5O/c1-11-6-8-12(9-7-11)23-18-13(17(22)26)10-14(20)19(25-18)24-16-5-3-2-4-15(16)21/h6-10,15-16H,2-5,21H2,1H3,(H2,22,26)(H2,23,24,25). The highest BCUT2D eigenvalue weighted by Gasteiger charge is 2.24. The molecule has 0 spiro atoms. The molecule has 2 aromatic rings. The Hall–Kier alpha value is -2.67. The average Bonchev–Trinajstić information content (AvgIpc) is 2.61. The number of halogens is 1. The second kappa shape index (κ2) is 7.70. The van der Waals surface area contributed by atoms with Gasteiger partial charge in [-0.15, -0.1) is 0 Å². The number of nitrogens with two attached hydrogens (primary N) is 2. The minimum absolute atomic E-state index is 0.00145. The number of aryl methyl sites for hydroxylation is 1. The molecule has 0 radical (unpaired) electrons. The topological polar surface area (TPSA) is 106 Å². The van der Waals surface area contributed by atoms with Crippen LogP contribution in [0.2, 0.25) is 0 Å². The van der Waals surface area contributed by atoms with Crippen LogP contribution >= 0.6 is 0 Å². The molecule has 0 saturated heterocycles. The van der Waals surface area contributed by atoms with E-state index in [4.69, 9.17) is 11.5 Å². The Labute approximate surface area is 152 Å². The fraction of sp³-hybridized carbons (Fsp3) is 0.368. The third kappa shape index (κ3) is 4.11. The van der Waals surface area contributed by atoms with Crippen LogP contribution in [-0.4, -0.2) is 23.0 Å². The van der Waals surface area contributed by atoms with Gasteiger partial charge in [0.05, 0.1) is 5.56 Å². The maximum atomic E-state index is 14.5. The van der Waals surface area contributed by atoms with Crippen molar-refractivity contribution in [2.24, 2.45) is 11.5 Å². The van der Waals surface area contributed by atoms with E-state index in [1.807, 2.05) is 31.2 Å². The van der Waals surface area contributed by atoms with Crippen LogP contribution in [-0.2, 0) is 0 Å². The Morgan fingerprint density at radius 3 is 2.54 bits per heavy atom. The molecule has 1 aliphatic rings. The lowest BCUT2D eigenvalue weighted by Gasteiger charge is -2.30. The van der Waals surface area contributed by atoms with Crippen molar-refractivity contribution in [1.82, 2.24) is 4.98 Å². The summed E-state index contributed by atoms with van der Waals surface area (Å²) in [7, 11) is 0. The fourth-order valence-electron chi connectivity index (χ4n) is 3.16. The van der Waals surface area contributed by atoms with Gasteiger partial charge in [-0.05, 0) is 38.0 Å². The molecule has 138 valence electrons. The van der Waals surface area contributed by atoms with Crippen molar-refractivity contribution in [3.05, 3.63) is 47.3 Å². The van der Waals surface area contributed by atoms with Gasteiger partial charge in [-0.25, -0.2) is 9.37 Å². The van der Waals surface area contributed by atoms with Gasteiger partial charge in [-0.2, -0.15) is 0 Å². The van der Waals surface area contributed by atoms with Gasteiger partial charge in [0.2, 0.25) is 0 Å². The predicted octanol–water partition coefficient (Wildman–Crippen LogP) is 3.05. The van der Waals surface area contributed by atoms with Gasteiger partial charge in [-0.1, -0.05) is 30.5 Å². The van der Waals surface area contributed by atoms with Gasteiger partial charge in [0.25, 0.3) is 5.91 Å². The zero-order valence-electron chi connectivity index (χ0n) is 14.8. The van der Waals surface area contributed by atoms with Crippen LogP contribution in [0.4, 0.5) is 21.7 Å². The molecule has 2 unspecified atom stereocenters. The lowest BCUT2D eigenvalue weighted by atomic mass is 9.91. The molecule has 1 fully saturated rings. The number of nitrogens with zero attached hydrogens (tertiary/aromatic N) is 1. The van der Waals surface area contributed by atoms with E-state index in [2.05, 4.69) is 15.6 Å². The van der Waals surface area contributed by atoms with E-state index in [9.17, 15) is 9.18 Å². The number of primary amides is 1. The predicted molar refractivity (Wildman–Crippen MR) is 101 cm³/mol. The summed E-state index contributed by atoms with van der Waals surface area (Å²) in [6.07, 6.45) is 3.88. The zero-order chi connectivity index (χ0) is 18.7. The molecule has 1 aromatic carbocycles. The van der Waals surface area contributed by atoms with Gasteiger partial charge in [-0.3, -0.25) is 4.79 Å². The van der Waals surface area contributed by atoms with Gasteiger partial charge >= 0.3 is 0 Å². The average molecular weight is 357 g/mol. The molecule has 3 rings (SSSR count). The first-order valence-electron chi connectivity index (χ1n) is 8.80. The Bertz CT molecular complexity index is 793. The fourth-order valence-corrected chi connectivity index (χ4v) is 3.16. The summed E-state index contributed by atoms with van der Waals surface area (Å²) in [4.78, 5) is 16.0. The van der Waals surface area contributed by atoms with Gasteiger partial charge in [0.1, 0.15) is 5.82 Å². The van der Waals surface area contributed by atoms with Crippen molar-refractivity contribution < 1.29 is 9.18 Å². The third-order valence-corrected chi connectivity index (χ3v) is 4.70. The molecule has 2 atom stereocenters. The van der Waals surface area contributed by atoms with Crippen LogP contribution in [0.25, 0.3) is 0 Å². The number of hydrogen-bond acceptors (Lipinski definition) is 5. The van der Waals surface area contributed by atoms with Crippen molar-refractivity contribution >= 4 is 23.2 Å². The molecule has 0 aliphatic heterocycles. The first-order chi connectivity index (χ1) is 12.4. The van der Waals surface area contributed by atoms with Gasteiger partial charge in [0.15, 0.2) is 11.6 Å². The number of carbonyl (C=O) groups is 1. The molecule has 7 heteroatoms. The van der Waals surface area contributed by atoms with E-state index < -0.39 is 11.7 Å². The van der Waals surface area contributed by atoms with E-state index in [1.54, 1.807) is 0 Å². The maximum absolute atomic E-state index is 14.5. The first kappa shape index (κ1) is 18.1. The summed E-state index contributed by atoms with van der Waals surface area (Å²) in [5, 5.41) is 6.14. The summed E-state index contributed by atoms with van der Waals surface area (Å²) < 4.78 is 14.5. The van der Waals surface area contributed by atoms with Gasteiger partial charge < -0.3 is 22.1 Å². The number of nitrogens with one attached hydrogen (secondary N) is 2. The van der Waals surface area contributed by atoms with E-state index in [0.29, 0.717) is 0 Å². The number of benzene rings is 1. The SMILES string of the molecule is Cc1ccc(Nc2nc(NC3CCCCC3N)c(F)cc2C(N)=O)cc1. The van der Waals surface area contributed by atoms with E-state index in [0.717, 1.165) is 43.0 Å². The first-order valence-corrected chi connectivity index (χ1v) is 8.80. The van der Waals surface area contributed by atoms with Crippen LogP contribution in [0.1, 0.15) is 41.6 Å². The summed E-state index contributed by atoms with van der Waals surface area (Å²) in [6.45, 7) is 1.98. The van der Waals surface area contributed by atoms with E-state index in [1.165, 1.54) is 0 Å². The quantitative estimate of drug-likeness (QED) is 0.658. The summed E-state index contributed by atoms with van der Waals surface area (Å²) in [6, 6.07) is 8.59. The maximum Gasteiger partial charge on any atom is 0.252 e. The lowest BCUT2D eigenvalue weighted by Crippen LogP contribution is -2.43. The van der Waals surface area contributed by atoms with Crippen molar-refractivity contribution in [3.63, 3.8) is 0 Å². The van der Waals surface area contributed by atoms with Crippen LogP contribution in [0.5, 0.6) is 0 Å². The minimum atomic E-state index is -0.744. The van der Waals surface area contributed by atoms with E-state index in [-0.39, 0.29) is 29.3 Å². The number of carbonyl (C=O) groups excluding carboxylic acids is 1. The molecule has 0 bridgehead atoms. The second-order valence-electron chi connectivity index (χ2n) is 6.77. The highest BCUT2D eigenvalue weighted by atomic mass is 19.1. The van der Waals surface area contributed by atoms with E-state index >= 15 is 0 Å². The molecule has 1 amide bonds. The number of aromatic nitrogens is 1. The molecule has 1 heterocycles. The Morgan fingerprint density at radius 2 is 1.88 bits per heavy atom. The summed E-state index contributed by atoms with van der Waals surface area (Å²) in [5.41, 5.74) is 13.4. The summed E-state index contributed by atoms with van der Waals surface area (Å²) in [5.74, 6) is -1.07. The van der Waals surface area contributed by atoms with Crippen LogP contribution in [0.15, 0.2) is 30.3 Å².